The fraction of sp³-hybridized carbons (Fsp3) is 0.625. The molecule has 6 nitrogen and oxygen atoms in total. The molecule has 3 amide bonds. The van der Waals surface area contributed by atoms with Gasteiger partial charge in [-0.2, -0.15) is 0 Å². The summed E-state index contributed by atoms with van der Waals surface area (Å²) in [7, 11) is 0. The van der Waals surface area contributed by atoms with E-state index in [1.807, 2.05) is 37.3 Å². The average molecular weight is 412 g/mol. The van der Waals surface area contributed by atoms with Crippen LogP contribution in [0.5, 0.6) is 0 Å². The lowest BCUT2D eigenvalue weighted by molar-refractivity contribution is -0.140. The van der Waals surface area contributed by atoms with Gasteiger partial charge in [-0.05, 0) is 57.2 Å². The molecular formula is C24H33N3O3. The molecule has 6 heteroatoms. The van der Waals surface area contributed by atoms with Crippen LogP contribution in [0.25, 0.3) is 0 Å². The molecule has 0 saturated carbocycles. The molecule has 1 N–H and O–H groups in total. The molecule has 0 spiro atoms. The zero-order valence-corrected chi connectivity index (χ0v) is 17.9. The first-order valence-electron chi connectivity index (χ1n) is 11.4. The molecule has 30 heavy (non-hydrogen) atoms. The summed E-state index contributed by atoms with van der Waals surface area (Å²) in [4.78, 5) is 41.8. The van der Waals surface area contributed by atoms with Gasteiger partial charge in [-0.3, -0.25) is 19.3 Å². The summed E-state index contributed by atoms with van der Waals surface area (Å²) in [5.41, 5.74) is 0.0195. The number of nitrogens with one attached hydrogen (secondary N) is 1. The van der Waals surface area contributed by atoms with Crippen molar-refractivity contribution in [2.45, 2.75) is 63.3 Å². The van der Waals surface area contributed by atoms with Gasteiger partial charge in [0.25, 0.3) is 0 Å². The zero-order chi connectivity index (χ0) is 21.1. The second-order valence-electron chi connectivity index (χ2n) is 9.28. The number of carbonyl (C=O) groups excluding carboxylic acids is 3. The first-order chi connectivity index (χ1) is 14.5. The topological polar surface area (TPSA) is 69.7 Å². The summed E-state index contributed by atoms with van der Waals surface area (Å²) in [6.45, 7) is 5.06. The molecule has 0 bridgehead atoms. The second kappa shape index (κ2) is 8.88. The predicted octanol–water partition coefficient (Wildman–Crippen LogP) is 2.47. The summed E-state index contributed by atoms with van der Waals surface area (Å²) in [5.74, 6) is 0.0529. The van der Waals surface area contributed by atoms with Crippen molar-refractivity contribution in [2.75, 3.05) is 26.2 Å². The first-order valence-corrected chi connectivity index (χ1v) is 11.4. The van der Waals surface area contributed by atoms with Crippen LogP contribution < -0.4 is 5.32 Å². The molecule has 3 saturated heterocycles. The molecule has 1 aromatic carbocycles. The van der Waals surface area contributed by atoms with Crippen LogP contribution in [0.4, 0.5) is 0 Å². The lowest BCUT2D eigenvalue weighted by atomic mass is 9.81. The van der Waals surface area contributed by atoms with Crippen molar-refractivity contribution in [1.29, 1.82) is 0 Å². The fourth-order valence-electron chi connectivity index (χ4n) is 5.50. The predicted molar refractivity (Wildman–Crippen MR) is 115 cm³/mol. The molecule has 3 fully saturated rings. The average Bonchev–Trinajstić information content (AvgIpc) is 3.00. The van der Waals surface area contributed by atoms with Gasteiger partial charge < -0.3 is 10.2 Å². The van der Waals surface area contributed by atoms with Gasteiger partial charge >= 0.3 is 0 Å². The van der Waals surface area contributed by atoms with E-state index in [1.54, 1.807) is 0 Å². The number of rotatable bonds is 6. The Labute approximate surface area is 179 Å². The van der Waals surface area contributed by atoms with Gasteiger partial charge in [0.05, 0.1) is 5.41 Å². The highest BCUT2D eigenvalue weighted by atomic mass is 16.2. The number of benzene rings is 1. The van der Waals surface area contributed by atoms with Crippen molar-refractivity contribution in [3.8, 4) is 0 Å². The Morgan fingerprint density at radius 2 is 1.87 bits per heavy atom. The van der Waals surface area contributed by atoms with E-state index in [0.29, 0.717) is 18.5 Å². The zero-order valence-electron chi connectivity index (χ0n) is 17.9. The summed E-state index contributed by atoms with van der Waals surface area (Å²) in [5, 5.41) is 3.08. The minimum atomic E-state index is -0.832. The van der Waals surface area contributed by atoms with Gasteiger partial charge in [-0.1, -0.05) is 36.8 Å². The molecule has 3 aliphatic rings. The fourth-order valence-corrected chi connectivity index (χ4v) is 5.50. The Bertz CT molecular complexity index is 794. The van der Waals surface area contributed by atoms with Crippen LogP contribution in [0.15, 0.2) is 30.3 Å². The monoisotopic (exact) mass is 411 g/mol. The Morgan fingerprint density at radius 1 is 1.10 bits per heavy atom. The summed E-state index contributed by atoms with van der Waals surface area (Å²) in [6.07, 6.45) is 6.50. The summed E-state index contributed by atoms with van der Waals surface area (Å²) in [6, 6.07) is 10.0. The second-order valence-corrected chi connectivity index (χ2v) is 9.28. The first kappa shape index (κ1) is 21.0. The molecule has 3 aliphatic heterocycles. The lowest BCUT2D eigenvalue weighted by Gasteiger charge is -2.44. The van der Waals surface area contributed by atoms with E-state index in [9.17, 15) is 14.4 Å². The van der Waals surface area contributed by atoms with Gasteiger partial charge in [0.1, 0.15) is 0 Å². The molecular weight excluding hydrogens is 378 g/mol. The van der Waals surface area contributed by atoms with Crippen molar-refractivity contribution in [1.82, 2.24) is 15.1 Å². The number of hydrogen-bond acceptors (Lipinski definition) is 4. The molecule has 3 atom stereocenters. The largest absolute Gasteiger partial charge is 0.356 e. The molecule has 0 radical (unpaired) electrons. The third-order valence-corrected chi connectivity index (χ3v) is 7.29. The van der Waals surface area contributed by atoms with E-state index in [1.165, 1.54) is 50.1 Å². The van der Waals surface area contributed by atoms with Crippen LogP contribution in [0.3, 0.4) is 0 Å². The third kappa shape index (κ3) is 4.15. The van der Waals surface area contributed by atoms with Crippen molar-refractivity contribution in [3.63, 3.8) is 0 Å². The van der Waals surface area contributed by atoms with Gasteiger partial charge in [0, 0.05) is 32.0 Å². The number of amides is 3. The number of fused-ring (bicyclic) bond motifs is 1. The lowest BCUT2D eigenvalue weighted by Crippen LogP contribution is -2.51. The Hall–Kier alpha value is -2.21. The number of hydrogen-bond donors (Lipinski definition) is 1. The van der Waals surface area contributed by atoms with Gasteiger partial charge in [0.15, 0.2) is 0 Å². The molecule has 4 rings (SSSR count). The Balaban J connectivity index is 1.28. The maximum atomic E-state index is 13.0. The minimum absolute atomic E-state index is 0.0724. The van der Waals surface area contributed by atoms with Crippen molar-refractivity contribution >= 4 is 17.7 Å². The van der Waals surface area contributed by atoms with E-state index in [4.69, 9.17) is 0 Å². The molecule has 3 heterocycles. The third-order valence-electron chi connectivity index (χ3n) is 7.29. The Kier molecular flexibility index (Phi) is 6.23. The number of carbonyl (C=O) groups is 3. The minimum Gasteiger partial charge on any atom is -0.356 e. The Morgan fingerprint density at radius 3 is 2.67 bits per heavy atom. The van der Waals surface area contributed by atoms with Crippen LogP contribution >= 0.6 is 0 Å². The SMILES string of the molecule is C[C@]1(c2ccccc2)CC(=O)N(CCC(=O)NC[C@@H]2CCCN3CCCC[C@H]23)C1=O. The van der Waals surface area contributed by atoms with Crippen LogP contribution in [0, 0.1) is 5.92 Å². The van der Waals surface area contributed by atoms with Gasteiger partial charge in [-0.25, -0.2) is 0 Å². The standard InChI is InChI=1S/C24H33N3O3/c1-24(19-9-3-2-4-10-19)16-22(29)27(23(24)30)15-12-21(28)25-17-18-8-7-14-26-13-6-5-11-20(18)26/h2-4,9-10,18,20H,5-8,11-17H2,1H3,(H,25,28)/t18-,20+,24+/m0/s1. The number of nitrogens with zero attached hydrogens (tertiary/aromatic N) is 2. The molecule has 0 aromatic heterocycles. The maximum Gasteiger partial charge on any atom is 0.240 e. The normalized spacial score (nSPS) is 29.7. The van der Waals surface area contributed by atoms with E-state index in [2.05, 4.69) is 10.2 Å². The maximum absolute atomic E-state index is 13.0. The highest BCUT2D eigenvalue weighted by Crippen LogP contribution is 2.36. The van der Waals surface area contributed by atoms with Crippen LogP contribution in [-0.4, -0.2) is 59.7 Å². The van der Waals surface area contributed by atoms with Crippen molar-refractivity contribution in [3.05, 3.63) is 35.9 Å². The van der Waals surface area contributed by atoms with E-state index < -0.39 is 5.41 Å². The highest BCUT2D eigenvalue weighted by molar-refractivity contribution is 6.09. The van der Waals surface area contributed by atoms with E-state index in [0.717, 1.165) is 5.56 Å². The quantitative estimate of drug-likeness (QED) is 0.730. The smallest absolute Gasteiger partial charge is 0.240 e. The van der Waals surface area contributed by atoms with Crippen LogP contribution in [-0.2, 0) is 19.8 Å². The van der Waals surface area contributed by atoms with Gasteiger partial charge in [0.2, 0.25) is 17.7 Å². The number of piperidine rings is 2. The molecule has 0 aliphatic carbocycles. The van der Waals surface area contributed by atoms with Crippen molar-refractivity contribution < 1.29 is 14.4 Å². The van der Waals surface area contributed by atoms with Gasteiger partial charge in [-0.15, -0.1) is 0 Å². The van der Waals surface area contributed by atoms with Crippen LogP contribution in [0.2, 0.25) is 0 Å². The summed E-state index contributed by atoms with van der Waals surface area (Å²) >= 11 is 0. The molecule has 0 unspecified atom stereocenters. The number of imide groups is 1. The van der Waals surface area contributed by atoms with E-state index >= 15 is 0 Å². The van der Waals surface area contributed by atoms with Crippen molar-refractivity contribution in [2.24, 2.45) is 5.92 Å². The molecule has 1 aromatic rings. The summed E-state index contributed by atoms with van der Waals surface area (Å²) < 4.78 is 0. The highest BCUT2D eigenvalue weighted by Gasteiger charge is 2.49. The van der Waals surface area contributed by atoms with E-state index in [-0.39, 0.29) is 37.1 Å². The molecule has 162 valence electrons. The van der Waals surface area contributed by atoms with Crippen LogP contribution in [0.1, 0.15) is 57.4 Å². The number of likely N-dealkylation sites (tertiary alicyclic amines) is 1.